The molecular formula is C96H66BN3. The minimum Gasteiger partial charge on any atom is -0.310 e. The van der Waals surface area contributed by atoms with Crippen LogP contribution in [0.1, 0.15) is 26.3 Å². The van der Waals surface area contributed by atoms with Gasteiger partial charge in [-0.25, -0.2) is 0 Å². The number of aromatic nitrogens is 1. The molecule has 4 heteroatoms. The maximum absolute atomic E-state index is 2.73. The molecule has 0 fully saturated rings. The van der Waals surface area contributed by atoms with Crippen LogP contribution in [0.15, 0.2) is 346 Å². The van der Waals surface area contributed by atoms with E-state index in [-0.39, 0.29) is 12.1 Å². The molecule has 100 heavy (non-hydrogen) atoms. The van der Waals surface area contributed by atoms with Crippen LogP contribution in [-0.2, 0) is 5.41 Å². The molecule has 0 amide bonds. The van der Waals surface area contributed by atoms with E-state index in [2.05, 4.69) is 381 Å². The molecule has 0 saturated heterocycles. The van der Waals surface area contributed by atoms with E-state index in [1.807, 2.05) is 0 Å². The lowest BCUT2D eigenvalue weighted by molar-refractivity contribution is 0.590. The molecule has 0 saturated carbocycles. The monoisotopic (exact) mass is 1270 g/mol. The molecule has 3 nitrogen and oxygen atoms in total. The molecule has 0 atom stereocenters. The van der Waals surface area contributed by atoms with Gasteiger partial charge in [0.15, 0.2) is 0 Å². The number of benzene rings is 17. The fraction of sp³-hybridized carbons (Fsp3) is 0.0417. The average molecular weight is 1270 g/mol. The smallest absolute Gasteiger partial charge is 0.252 e. The topological polar surface area (TPSA) is 11.4 Å². The highest BCUT2D eigenvalue weighted by atomic mass is 15.2. The van der Waals surface area contributed by atoms with E-state index in [0.717, 1.165) is 101 Å². The molecule has 2 aliphatic heterocycles. The van der Waals surface area contributed by atoms with Gasteiger partial charge in [-0.05, 0) is 182 Å². The minimum atomic E-state index is -0.320. The summed E-state index contributed by atoms with van der Waals surface area (Å²) in [6.45, 7) is 6.94. The van der Waals surface area contributed by atoms with Crippen LogP contribution in [0, 0.1) is 0 Å². The van der Waals surface area contributed by atoms with Gasteiger partial charge in [0.25, 0.3) is 6.71 Å². The summed E-state index contributed by atoms with van der Waals surface area (Å²) in [6, 6.07) is 130. The summed E-state index contributed by atoms with van der Waals surface area (Å²) in [5.41, 5.74) is 31.1. The summed E-state index contributed by atoms with van der Waals surface area (Å²) in [7, 11) is 0. The maximum Gasteiger partial charge on any atom is 0.252 e. The first kappa shape index (κ1) is 57.7. The zero-order valence-corrected chi connectivity index (χ0v) is 55.8. The second kappa shape index (κ2) is 22.5. The molecule has 0 aliphatic carbocycles. The van der Waals surface area contributed by atoms with E-state index in [9.17, 15) is 0 Å². The van der Waals surface area contributed by atoms with Crippen molar-refractivity contribution in [3.63, 3.8) is 0 Å². The van der Waals surface area contributed by atoms with Gasteiger partial charge in [0.1, 0.15) is 0 Å². The van der Waals surface area contributed by atoms with Crippen molar-refractivity contribution < 1.29 is 0 Å². The van der Waals surface area contributed by atoms with Gasteiger partial charge in [0, 0.05) is 61.5 Å². The van der Waals surface area contributed by atoms with Crippen LogP contribution in [0.5, 0.6) is 0 Å². The van der Waals surface area contributed by atoms with Gasteiger partial charge in [-0.1, -0.05) is 300 Å². The van der Waals surface area contributed by atoms with Crippen LogP contribution in [-0.4, -0.2) is 11.3 Å². The summed E-state index contributed by atoms with van der Waals surface area (Å²) in [5, 5.41) is 10.4. The van der Waals surface area contributed by atoms with Crippen molar-refractivity contribution in [3.8, 4) is 83.6 Å². The lowest BCUT2D eigenvalue weighted by Crippen LogP contribution is -2.61. The van der Waals surface area contributed by atoms with E-state index in [0.29, 0.717) is 0 Å². The third kappa shape index (κ3) is 8.93. The van der Waals surface area contributed by atoms with Crippen LogP contribution in [0.3, 0.4) is 0 Å². The second-order valence-corrected chi connectivity index (χ2v) is 28.3. The fourth-order valence-corrected chi connectivity index (χ4v) is 17.0. The van der Waals surface area contributed by atoms with Gasteiger partial charge in [0.2, 0.25) is 0 Å². The van der Waals surface area contributed by atoms with Crippen LogP contribution in [0.25, 0.3) is 138 Å². The number of hydrogen-bond donors (Lipinski definition) is 0. The van der Waals surface area contributed by atoms with Crippen LogP contribution >= 0.6 is 0 Å². The normalized spacial score (nSPS) is 12.7. The van der Waals surface area contributed by atoms with Crippen molar-refractivity contribution in [3.05, 3.63) is 351 Å². The van der Waals surface area contributed by atoms with Gasteiger partial charge in [-0.15, -0.1) is 0 Å². The Morgan fingerprint density at radius 1 is 0.260 bits per heavy atom. The molecule has 0 radical (unpaired) electrons. The molecule has 468 valence electrons. The molecule has 0 spiro atoms. The first-order chi connectivity index (χ1) is 49.3. The Bertz CT molecular complexity index is 6000. The zero-order valence-electron chi connectivity index (χ0n) is 55.8. The molecule has 0 unspecified atom stereocenters. The molecule has 0 N–H and O–H groups in total. The summed E-state index contributed by atoms with van der Waals surface area (Å²) in [5.74, 6) is 0. The van der Waals surface area contributed by atoms with Crippen molar-refractivity contribution in [2.75, 3.05) is 9.80 Å². The standard InChI is InChI=1S/C96H66BN3/c1-96(2,3)73-58-87-93-88(59-73)100(95-79(66-37-21-9-22-38-66)55-72(63-31-15-6-16-32-63)56-80(95)67-39-23-10-24-40-67)86-60-74(98-84-51-45-68-41-25-43-75-76-44-26-42-69-46-52-85(98)92(90(69)76)91(84)89(68)75)48-49-81(86)97(93)82-57-70(61-27-11-4-12-28-61)47-50-83(82)99(87)94-77(64-33-17-7-18-34-64)53-71(62-29-13-5-14-30-62)54-78(94)65-35-19-8-20-36-65/h4-60H,1-3H3. The highest BCUT2D eigenvalue weighted by molar-refractivity contribution is 7.00. The van der Waals surface area contributed by atoms with Crippen LogP contribution in [0.4, 0.5) is 34.1 Å². The molecule has 2 aliphatic rings. The van der Waals surface area contributed by atoms with Crippen molar-refractivity contribution in [1.82, 2.24) is 4.57 Å². The van der Waals surface area contributed by atoms with Crippen LogP contribution < -0.4 is 26.2 Å². The van der Waals surface area contributed by atoms with Gasteiger partial charge in [-0.2, -0.15) is 0 Å². The number of nitrogens with zero attached hydrogens (tertiary/aromatic N) is 3. The Hall–Kier alpha value is -12.5. The van der Waals surface area contributed by atoms with Gasteiger partial charge in [0.05, 0.1) is 22.4 Å². The Kier molecular flexibility index (Phi) is 13.0. The van der Waals surface area contributed by atoms with E-state index in [4.69, 9.17) is 0 Å². The van der Waals surface area contributed by atoms with Crippen molar-refractivity contribution in [1.29, 1.82) is 0 Å². The SMILES string of the molecule is CC(C)(C)c1cc2c3c(c1)N(c1c(-c4ccccc4)cc(-c4ccccc4)cc1-c1ccccc1)c1cc(-n4c5ccc6cccc7c8cccc9ccc4c(c98)c5c67)ccc1B3c1cc(-c3ccccc3)ccc1N2c1c(-c2ccccc2)cc(-c2ccccc2)cc1-c1ccccc1. The molecule has 20 rings (SSSR count). The third-order valence-electron chi connectivity index (χ3n) is 21.6. The molecule has 18 aromatic rings. The third-order valence-corrected chi connectivity index (χ3v) is 21.6. The lowest BCUT2D eigenvalue weighted by atomic mass is 9.33. The number of fused-ring (bicyclic) bond motifs is 5. The predicted molar refractivity (Wildman–Crippen MR) is 426 cm³/mol. The van der Waals surface area contributed by atoms with Crippen molar-refractivity contribution in [2.24, 2.45) is 0 Å². The predicted octanol–water partition coefficient (Wildman–Crippen LogP) is 24.2. The Labute approximate surface area is 583 Å². The average Bonchev–Trinajstić information content (AvgIpc) is 1.52. The zero-order chi connectivity index (χ0) is 66.3. The lowest BCUT2D eigenvalue weighted by Gasteiger charge is -2.46. The second-order valence-electron chi connectivity index (χ2n) is 28.3. The quantitative estimate of drug-likeness (QED) is 0.0768. The number of hydrogen-bond acceptors (Lipinski definition) is 2. The Balaban J connectivity index is 0.964. The minimum absolute atomic E-state index is 0.236. The van der Waals surface area contributed by atoms with Crippen molar-refractivity contribution >= 4 is 111 Å². The fourth-order valence-electron chi connectivity index (χ4n) is 17.0. The van der Waals surface area contributed by atoms with E-state index in [1.54, 1.807) is 0 Å². The summed E-state index contributed by atoms with van der Waals surface area (Å²) < 4.78 is 2.58. The number of rotatable bonds is 10. The van der Waals surface area contributed by atoms with Gasteiger partial charge >= 0.3 is 0 Å². The summed E-state index contributed by atoms with van der Waals surface area (Å²) >= 11 is 0. The molecule has 3 heterocycles. The van der Waals surface area contributed by atoms with Crippen molar-refractivity contribution in [2.45, 2.75) is 26.2 Å². The molecule has 1 aromatic heterocycles. The van der Waals surface area contributed by atoms with Gasteiger partial charge < -0.3 is 14.4 Å². The molecule has 17 aromatic carbocycles. The summed E-state index contributed by atoms with van der Waals surface area (Å²) in [6.07, 6.45) is 0. The molecular weight excluding hydrogens is 1210 g/mol. The maximum atomic E-state index is 2.73. The van der Waals surface area contributed by atoms with E-state index >= 15 is 0 Å². The highest BCUT2D eigenvalue weighted by Crippen LogP contribution is 2.56. The van der Waals surface area contributed by atoms with Gasteiger partial charge in [-0.3, -0.25) is 0 Å². The Morgan fingerprint density at radius 3 is 1.06 bits per heavy atom. The summed E-state index contributed by atoms with van der Waals surface area (Å²) in [4.78, 5) is 5.42. The molecule has 0 bridgehead atoms. The first-order valence-electron chi connectivity index (χ1n) is 35.0. The van der Waals surface area contributed by atoms with E-state index < -0.39 is 0 Å². The Morgan fingerprint density at radius 2 is 0.650 bits per heavy atom. The highest BCUT2D eigenvalue weighted by Gasteiger charge is 2.46. The van der Waals surface area contributed by atoms with Crippen LogP contribution in [0.2, 0.25) is 0 Å². The first-order valence-corrected chi connectivity index (χ1v) is 35.0. The number of anilines is 6. The van der Waals surface area contributed by atoms with E-state index in [1.165, 1.54) is 92.8 Å². The largest absolute Gasteiger partial charge is 0.310 e.